The monoisotopic (exact) mass is 513 g/mol. The van der Waals surface area contributed by atoms with Crippen molar-refractivity contribution in [3.8, 4) is 0 Å². The Morgan fingerprint density at radius 2 is 1.79 bits per heavy atom. The van der Waals surface area contributed by atoms with Crippen molar-refractivity contribution in [1.29, 1.82) is 0 Å². The van der Waals surface area contributed by atoms with Gasteiger partial charge in [0.1, 0.15) is 12.6 Å². The Morgan fingerprint density at radius 3 is 2.39 bits per heavy atom. The van der Waals surface area contributed by atoms with Crippen molar-refractivity contribution in [3.63, 3.8) is 0 Å². The third-order valence-corrected chi connectivity index (χ3v) is 6.86. The standard InChI is InChI=1S/C23H29Cl2N3O4S/c1-5-12-26-23(30)17(3)27(14-18-9-7-6-8-16(18)2)22(29)15-28(33(4,31)32)21-13-19(24)10-11-20(21)25/h6-11,13,17H,5,12,14-15H2,1-4H3,(H,26,30)/t17-/m0/s1. The van der Waals surface area contributed by atoms with Crippen LogP contribution in [0.4, 0.5) is 5.69 Å². The molecule has 180 valence electrons. The number of hydrogen-bond acceptors (Lipinski definition) is 4. The van der Waals surface area contributed by atoms with Crippen LogP contribution in [-0.4, -0.2) is 50.5 Å². The van der Waals surface area contributed by atoms with Gasteiger partial charge in [-0.1, -0.05) is 54.4 Å². The third-order valence-electron chi connectivity index (χ3n) is 5.17. The third kappa shape index (κ3) is 7.35. The highest BCUT2D eigenvalue weighted by Crippen LogP contribution is 2.31. The highest BCUT2D eigenvalue weighted by Gasteiger charge is 2.31. The van der Waals surface area contributed by atoms with Crippen LogP contribution in [0.1, 0.15) is 31.4 Å². The summed E-state index contributed by atoms with van der Waals surface area (Å²) in [6, 6.07) is 11.1. The van der Waals surface area contributed by atoms with Crippen molar-refractivity contribution in [2.75, 3.05) is 23.7 Å². The number of hydrogen-bond donors (Lipinski definition) is 1. The minimum atomic E-state index is -3.88. The normalized spacial score (nSPS) is 12.2. The molecule has 1 N–H and O–H groups in total. The lowest BCUT2D eigenvalue weighted by Crippen LogP contribution is -2.51. The number of carbonyl (C=O) groups excluding carboxylic acids is 2. The molecule has 7 nitrogen and oxygen atoms in total. The van der Waals surface area contributed by atoms with Crippen molar-refractivity contribution >= 4 is 50.7 Å². The second kappa shape index (κ2) is 11.7. The molecule has 0 saturated carbocycles. The van der Waals surface area contributed by atoms with Gasteiger partial charge in [0.15, 0.2) is 0 Å². The molecule has 0 aromatic heterocycles. The van der Waals surface area contributed by atoms with Crippen LogP contribution in [0.25, 0.3) is 0 Å². The SMILES string of the molecule is CCCNC(=O)[C@H](C)N(Cc1ccccc1C)C(=O)CN(c1cc(Cl)ccc1Cl)S(C)(=O)=O. The molecule has 0 fully saturated rings. The first-order valence-corrected chi connectivity index (χ1v) is 13.1. The average Bonchev–Trinajstić information content (AvgIpc) is 2.75. The number of nitrogens with zero attached hydrogens (tertiary/aromatic N) is 2. The number of sulfonamides is 1. The zero-order chi connectivity index (χ0) is 24.8. The molecule has 2 aromatic rings. The first-order chi connectivity index (χ1) is 15.5. The molecule has 2 rings (SSSR count). The van der Waals surface area contributed by atoms with Crippen LogP contribution in [0.3, 0.4) is 0 Å². The van der Waals surface area contributed by atoms with E-state index in [9.17, 15) is 18.0 Å². The fourth-order valence-electron chi connectivity index (χ4n) is 3.22. The molecule has 1 atom stereocenters. The summed E-state index contributed by atoms with van der Waals surface area (Å²) in [7, 11) is -3.88. The first kappa shape index (κ1) is 27.0. The molecule has 0 radical (unpaired) electrons. The summed E-state index contributed by atoms with van der Waals surface area (Å²) in [5.74, 6) is -0.857. The van der Waals surface area contributed by atoms with Gasteiger partial charge in [-0.15, -0.1) is 0 Å². The van der Waals surface area contributed by atoms with E-state index in [2.05, 4.69) is 5.32 Å². The number of halogens is 2. The Bertz CT molecular complexity index is 1110. The molecular weight excluding hydrogens is 485 g/mol. The van der Waals surface area contributed by atoms with Gasteiger partial charge in [0, 0.05) is 18.1 Å². The molecule has 10 heteroatoms. The van der Waals surface area contributed by atoms with Crippen molar-refractivity contribution in [2.45, 2.75) is 39.8 Å². The highest BCUT2D eigenvalue weighted by atomic mass is 35.5. The molecule has 0 spiro atoms. The van der Waals surface area contributed by atoms with Crippen LogP contribution < -0.4 is 9.62 Å². The Labute approximate surface area is 205 Å². The largest absolute Gasteiger partial charge is 0.354 e. The zero-order valence-electron chi connectivity index (χ0n) is 19.1. The summed E-state index contributed by atoms with van der Waals surface area (Å²) in [5, 5.41) is 3.21. The van der Waals surface area contributed by atoms with Gasteiger partial charge in [-0.25, -0.2) is 8.42 Å². The van der Waals surface area contributed by atoms with E-state index >= 15 is 0 Å². The predicted molar refractivity (Wildman–Crippen MR) is 133 cm³/mol. The van der Waals surface area contributed by atoms with Crippen molar-refractivity contribution in [2.24, 2.45) is 0 Å². The predicted octanol–water partition coefficient (Wildman–Crippen LogP) is 4.01. The minimum absolute atomic E-state index is 0.0962. The lowest BCUT2D eigenvalue weighted by molar-refractivity contribution is -0.139. The van der Waals surface area contributed by atoms with E-state index in [0.717, 1.165) is 28.1 Å². The summed E-state index contributed by atoms with van der Waals surface area (Å²) in [5.41, 5.74) is 1.90. The maximum Gasteiger partial charge on any atom is 0.244 e. The maximum absolute atomic E-state index is 13.5. The van der Waals surface area contributed by atoms with Gasteiger partial charge >= 0.3 is 0 Å². The molecule has 0 bridgehead atoms. The second-order valence-corrected chi connectivity index (χ2v) is 10.5. The molecule has 0 heterocycles. The van der Waals surface area contributed by atoms with E-state index < -0.39 is 28.5 Å². The van der Waals surface area contributed by atoms with E-state index in [0.29, 0.717) is 6.54 Å². The molecule has 0 saturated heterocycles. The van der Waals surface area contributed by atoms with Gasteiger partial charge in [-0.2, -0.15) is 0 Å². The molecule has 0 aliphatic heterocycles. The number of benzene rings is 2. The Balaban J connectivity index is 2.43. The molecule has 0 aliphatic carbocycles. The highest BCUT2D eigenvalue weighted by molar-refractivity contribution is 7.92. The number of nitrogens with one attached hydrogen (secondary N) is 1. The van der Waals surface area contributed by atoms with E-state index in [-0.39, 0.29) is 28.2 Å². The zero-order valence-corrected chi connectivity index (χ0v) is 21.5. The molecule has 0 aliphatic rings. The summed E-state index contributed by atoms with van der Waals surface area (Å²) >= 11 is 12.3. The maximum atomic E-state index is 13.5. The topological polar surface area (TPSA) is 86.8 Å². The minimum Gasteiger partial charge on any atom is -0.354 e. The van der Waals surface area contributed by atoms with Gasteiger partial charge < -0.3 is 10.2 Å². The van der Waals surface area contributed by atoms with Gasteiger partial charge in [-0.05, 0) is 49.6 Å². The number of carbonyl (C=O) groups is 2. The van der Waals surface area contributed by atoms with Crippen LogP contribution in [0.5, 0.6) is 0 Å². The van der Waals surface area contributed by atoms with E-state index in [1.54, 1.807) is 6.92 Å². The Morgan fingerprint density at radius 1 is 1.12 bits per heavy atom. The average molecular weight is 514 g/mol. The van der Waals surface area contributed by atoms with Crippen LogP contribution in [0.2, 0.25) is 10.0 Å². The van der Waals surface area contributed by atoms with Crippen LogP contribution in [0.15, 0.2) is 42.5 Å². The number of amides is 2. The van der Waals surface area contributed by atoms with E-state index in [1.165, 1.54) is 23.1 Å². The molecular formula is C23H29Cl2N3O4S. The summed E-state index contributed by atoms with van der Waals surface area (Å²) in [6.07, 6.45) is 1.74. The quantitative estimate of drug-likeness (QED) is 0.519. The van der Waals surface area contributed by atoms with Crippen LogP contribution in [-0.2, 0) is 26.2 Å². The lowest BCUT2D eigenvalue weighted by atomic mass is 10.1. The summed E-state index contributed by atoms with van der Waals surface area (Å²) in [4.78, 5) is 27.5. The fraction of sp³-hybridized carbons (Fsp3) is 0.391. The molecule has 2 amide bonds. The van der Waals surface area contributed by atoms with Gasteiger partial charge in [-0.3, -0.25) is 13.9 Å². The van der Waals surface area contributed by atoms with Crippen molar-refractivity contribution in [1.82, 2.24) is 10.2 Å². The Kier molecular flexibility index (Phi) is 9.57. The number of rotatable bonds is 10. The molecule has 2 aromatic carbocycles. The second-order valence-electron chi connectivity index (χ2n) is 7.78. The van der Waals surface area contributed by atoms with E-state index in [4.69, 9.17) is 23.2 Å². The number of aryl methyl sites for hydroxylation is 1. The van der Waals surface area contributed by atoms with Gasteiger partial charge in [0.25, 0.3) is 0 Å². The summed E-state index contributed by atoms with van der Waals surface area (Å²) in [6.45, 7) is 5.55. The van der Waals surface area contributed by atoms with E-state index in [1.807, 2.05) is 38.1 Å². The van der Waals surface area contributed by atoms with Gasteiger partial charge in [0.05, 0.1) is 17.0 Å². The fourth-order valence-corrected chi connectivity index (χ4v) is 4.51. The molecule has 0 unspecified atom stereocenters. The lowest BCUT2D eigenvalue weighted by Gasteiger charge is -2.32. The van der Waals surface area contributed by atoms with Gasteiger partial charge in [0.2, 0.25) is 21.8 Å². The molecule has 33 heavy (non-hydrogen) atoms. The van der Waals surface area contributed by atoms with Crippen molar-refractivity contribution in [3.05, 3.63) is 63.6 Å². The summed E-state index contributed by atoms with van der Waals surface area (Å²) < 4.78 is 26.1. The van der Waals surface area contributed by atoms with Crippen molar-refractivity contribution < 1.29 is 18.0 Å². The Hall–Kier alpha value is -2.29. The smallest absolute Gasteiger partial charge is 0.244 e. The first-order valence-electron chi connectivity index (χ1n) is 10.5. The van der Waals surface area contributed by atoms with Crippen LogP contribution >= 0.6 is 23.2 Å². The van der Waals surface area contributed by atoms with Crippen LogP contribution in [0, 0.1) is 6.92 Å². The number of anilines is 1.